The standard InChI is InChI=1S/C15H21F3N2O.ClH/c1-10(7-13(21)20-14(2,3)9-19)11-5-4-6-12(8-11)15(16,17)18;/h4-6,8,10H,7,9,19H2,1-3H3,(H,20,21);1H. The van der Waals surface area contributed by atoms with Gasteiger partial charge in [0.15, 0.2) is 0 Å². The first-order chi connectivity index (χ1) is 9.55. The molecule has 0 heterocycles. The third-order valence-electron chi connectivity index (χ3n) is 3.26. The monoisotopic (exact) mass is 338 g/mol. The van der Waals surface area contributed by atoms with Crippen LogP contribution in [-0.2, 0) is 11.0 Å². The van der Waals surface area contributed by atoms with Gasteiger partial charge in [0.1, 0.15) is 0 Å². The number of carbonyl (C=O) groups excluding carboxylic acids is 1. The summed E-state index contributed by atoms with van der Waals surface area (Å²) in [5.74, 6) is -0.531. The van der Waals surface area contributed by atoms with Crippen LogP contribution in [0.3, 0.4) is 0 Å². The Labute approximate surface area is 134 Å². The lowest BCUT2D eigenvalue weighted by Gasteiger charge is -2.25. The molecule has 22 heavy (non-hydrogen) atoms. The summed E-state index contributed by atoms with van der Waals surface area (Å²) in [7, 11) is 0. The maximum Gasteiger partial charge on any atom is 0.416 e. The highest BCUT2D eigenvalue weighted by molar-refractivity contribution is 5.85. The van der Waals surface area contributed by atoms with E-state index in [1.807, 2.05) is 0 Å². The smallest absolute Gasteiger partial charge is 0.350 e. The molecule has 3 nitrogen and oxygen atoms in total. The van der Waals surface area contributed by atoms with Gasteiger partial charge in [0.25, 0.3) is 0 Å². The fourth-order valence-corrected chi connectivity index (χ4v) is 1.90. The van der Waals surface area contributed by atoms with Gasteiger partial charge >= 0.3 is 6.18 Å². The van der Waals surface area contributed by atoms with Gasteiger partial charge in [-0.05, 0) is 31.4 Å². The van der Waals surface area contributed by atoms with Gasteiger partial charge < -0.3 is 11.1 Å². The topological polar surface area (TPSA) is 55.1 Å². The summed E-state index contributed by atoms with van der Waals surface area (Å²) in [5, 5.41) is 2.77. The molecule has 0 aliphatic rings. The van der Waals surface area contributed by atoms with Gasteiger partial charge in [-0.2, -0.15) is 13.2 Å². The molecule has 0 aromatic heterocycles. The van der Waals surface area contributed by atoms with E-state index >= 15 is 0 Å². The average molecular weight is 339 g/mol. The molecule has 0 aliphatic carbocycles. The Bertz CT molecular complexity index is 504. The fourth-order valence-electron chi connectivity index (χ4n) is 1.90. The molecule has 7 heteroatoms. The molecule has 0 saturated carbocycles. The van der Waals surface area contributed by atoms with Crippen molar-refractivity contribution in [3.8, 4) is 0 Å². The number of halogens is 4. The van der Waals surface area contributed by atoms with Gasteiger partial charge in [-0.15, -0.1) is 12.4 Å². The highest BCUT2D eigenvalue weighted by Crippen LogP contribution is 2.31. The quantitative estimate of drug-likeness (QED) is 0.863. The van der Waals surface area contributed by atoms with Crippen molar-refractivity contribution >= 4 is 18.3 Å². The molecular formula is C15H22ClF3N2O. The molecule has 126 valence electrons. The summed E-state index contributed by atoms with van der Waals surface area (Å²) in [6.45, 7) is 5.60. The van der Waals surface area contributed by atoms with Gasteiger partial charge in [0.05, 0.1) is 5.56 Å². The fraction of sp³-hybridized carbons (Fsp3) is 0.533. The lowest BCUT2D eigenvalue weighted by molar-refractivity contribution is -0.137. The minimum atomic E-state index is -4.38. The Hall–Kier alpha value is -1.27. The molecule has 1 aromatic rings. The molecule has 1 unspecified atom stereocenters. The summed E-state index contributed by atoms with van der Waals surface area (Å²) in [5.41, 5.74) is 4.79. The van der Waals surface area contributed by atoms with Crippen LogP contribution in [0.5, 0.6) is 0 Å². The van der Waals surface area contributed by atoms with Crippen LogP contribution in [0.2, 0.25) is 0 Å². The van der Waals surface area contributed by atoms with E-state index < -0.39 is 17.3 Å². The first-order valence-electron chi connectivity index (χ1n) is 6.73. The van der Waals surface area contributed by atoms with Crippen molar-refractivity contribution in [2.45, 2.75) is 44.8 Å². The third-order valence-corrected chi connectivity index (χ3v) is 3.26. The second-order valence-corrected chi connectivity index (χ2v) is 5.86. The summed E-state index contributed by atoms with van der Waals surface area (Å²) in [4.78, 5) is 11.9. The van der Waals surface area contributed by atoms with Crippen molar-refractivity contribution in [1.29, 1.82) is 0 Å². The Morgan fingerprint density at radius 2 is 1.91 bits per heavy atom. The predicted octanol–water partition coefficient (Wildman–Crippen LogP) is 3.47. The van der Waals surface area contributed by atoms with Crippen molar-refractivity contribution < 1.29 is 18.0 Å². The van der Waals surface area contributed by atoms with E-state index in [1.165, 1.54) is 6.07 Å². The molecule has 1 amide bonds. The zero-order chi connectivity index (χ0) is 16.3. The largest absolute Gasteiger partial charge is 0.416 e. The molecule has 0 radical (unpaired) electrons. The van der Waals surface area contributed by atoms with Crippen molar-refractivity contribution in [3.63, 3.8) is 0 Å². The van der Waals surface area contributed by atoms with Crippen molar-refractivity contribution in [3.05, 3.63) is 35.4 Å². The number of benzene rings is 1. The normalized spacial score (nSPS) is 13.2. The lowest BCUT2D eigenvalue weighted by Crippen LogP contribution is -2.49. The van der Waals surface area contributed by atoms with Crippen LogP contribution in [0.25, 0.3) is 0 Å². The van der Waals surface area contributed by atoms with E-state index in [0.29, 0.717) is 5.56 Å². The van der Waals surface area contributed by atoms with Crippen molar-refractivity contribution in [2.24, 2.45) is 5.73 Å². The van der Waals surface area contributed by atoms with Crippen LogP contribution in [0.4, 0.5) is 13.2 Å². The van der Waals surface area contributed by atoms with Crippen LogP contribution >= 0.6 is 12.4 Å². The van der Waals surface area contributed by atoms with E-state index in [1.54, 1.807) is 26.8 Å². The highest BCUT2D eigenvalue weighted by atomic mass is 35.5. The number of rotatable bonds is 5. The molecule has 1 atom stereocenters. The molecule has 0 fully saturated rings. The number of amides is 1. The van der Waals surface area contributed by atoms with Crippen molar-refractivity contribution in [2.75, 3.05) is 6.54 Å². The van der Waals surface area contributed by atoms with Crippen LogP contribution in [0, 0.1) is 0 Å². The zero-order valence-corrected chi connectivity index (χ0v) is 13.6. The predicted molar refractivity (Wildman–Crippen MR) is 83.0 cm³/mol. The number of hydrogen-bond donors (Lipinski definition) is 2. The highest BCUT2D eigenvalue weighted by Gasteiger charge is 2.31. The number of alkyl halides is 3. The molecule has 0 saturated heterocycles. The molecule has 3 N–H and O–H groups in total. The average Bonchev–Trinajstić information content (AvgIpc) is 2.37. The van der Waals surface area contributed by atoms with E-state index in [2.05, 4.69) is 5.32 Å². The molecule has 1 aromatic carbocycles. The number of carbonyl (C=O) groups is 1. The Kier molecular flexibility index (Phi) is 7.38. The van der Waals surface area contributed by atoms with Gasteiger partial charge in [-0.1, -0.05) is 25.1 Å². The Morgan fingerprint density at radius 3 is 2.41 bits per heavy atom. The number of nitrogens with two attached hydrogens (primary N) is 1. The minimum absolute atomic E-state index is 0. The minimum Gasteiger partial charge on any atom is -0.350 e. The maximum absolute atomic E-state index is 12.7. The summed E-state index contributed by atoms with van der Waals surface area (Å²) < 4.78 is 38.0. The second kappa shape index (κ2) is 7.83. The number of hydrogen-bond acceptors (Lipinski definition) is 2. The Balaban J connectivity index is 0.00000441. The molecular weight excluding hydrogens is 317 g/mol. The van der Waals surface area contributed by atoms with E-state index in [-0.39, 0.29) is 37.2 Å². The van der Waals surface area contributed by atoms with E-state index in [4.69, 9.17) is 5.73 Å². The SMILES string of the molecule is CC(CC(=O)NC(C)(C)CN)c1cccc(C(F)(F)F)c1.Cl. The van der Waals surface area contributed by atoms with Crippen molar-refractivity contribution in [1.82, 2.24) is 5.32 Å². The maximum atomic E-state index is 12.7. The van der Waals surface area contributed by atoms with E-state index in [0.717, 1.165) is 12.1 Å². The first-order valence-corrected chi connectivity index (χ1v) is 6.73. The van der Waals surface area contributed by atoms with Gasteiger partial charge in [-0.3, -0.25) is 4.79 Å². The van der Waals surface area contributed by atoms with E-state index in [9.17, 15) is 18.0 Å². The van der Waals surface area contributed by atoms with Crippen LogP contribution in [0.1, 0.15) is 44.2 Å². The van der Waals surface area contributed by atoms with Crippen LogP contribution in [0.15, 0.2) is 24.3 Å². The Morgan fingerprint density at radius 1 is 1.32 bits per heavy atom. The van der Waals surface area contributed by atoms with Gasteiger partial charge in [-0.25, -0.2) is 0 Å². The molecule has 0 bridgehead atoms. The number of nitrogens with one attached hydrogen (secondary N) is 1. The third kappa shape index (κ3) is 6.23. The molecule has 1 rings (SSSR count). The van der Waals surface area contributed by atoms with Crippen LogP contribution in [-0.4, -0.2) is 18.0 Å². The summed E-state index contributed by atoms with van der Waals surface area (Å²) in [6.07, 6.45) is -4.26. The van der Waals surface area contributed by atoms with Gasteiger partial charge in [0.2, 0.25) is 5.91 Å². The van der Waals surface area contributed by atoms with Crippen LogP contribution < -0.4 is 11.1 Å². The summed E-state index contributed by atoms with van der Waals surface area (Å²) >= 11 is 0. The molecule has 0 spiro atoms. The van der Waals surface area contributed by atoms with Gasteiger partial charge in [0, 0.05) is 18.5 Å². The first kappa shape index (κ1) is 20.7. The summed E-state index contributed by atoms with van der Waals surface area (Å²) in [6, 6.07) is 5.07. The second-order valence-electron chi connectivity index (χ2n) is 5.86. The lowest BCUT2D eigenvalue weighted by atomic mass is 9.95. The molecule has 0 aliphatic heterocycles. The zero-order valence-electron chi connectivity index (χ0n) is 12.8.